The molecule has 7 nitrogen and oxygen atoms in total. The molecule has 0 radical (unpaired) electrons. The van der Waals surface area contributed by atoms with Crippen molar-refractivity contribution in [1.29, 1.82) is 0 Å². The normalized spacial score (nSPS) is 11.2. The molecule has 2 N–H and O–H groups in total. The molecule has 0 aliphatic heterocycles. The van der Waals surface area contributed by atoms with Gasteiger partial charge in [-0.3, -0.25) is 9.67 Å². The largest absolute Gasteiger partial charge is 0.352 e. The van der Waals surface area contributed by atoms with Crippen LogP contribution in [0.4, 0.5) is 0 Å². The van der Waals surface area contributed by atoms with Gasteiger partial charge < -0.3 is 10.6 Å². The van der Waals surface area contributed by atoms with E-state index in [2.05, 4.69) is 50.9 Å². The highest BCUT2D eigenvalue weighted by atomic mass is 127. The topological polar surface area (TPSA) is 72.1 Å². The number of halogens is 1. The average molecular weight is 479 g/mol. The number of para-hydroxylation sites is 1. The molecule has 0 fully saturated rings. The van der Waals surface area contributed by atoms with Gasteiger partial charge in [0, 0.05) is 44.6 Å². The quantitative estimate of drug-likeness (QED) is 0.336. The lowest BCUT2D eigenvalue weighted by Gasteiger charge is -2.14. The number of benzene rings is 1. The maximum Gasteiger partial charge on any atom is 0.191 e. The summed E-state index contributed by atoms with van der Waals surface area (Å²) < 4.78 is 3.77. The van der Waals surface area contributed by atoms with Gasteiger partial charge in [0.25, 0.3) is 0 Å². The summed E-state index contributed by atoms with van der Waals surface area (Å²) in [5.74, 6) is 0.747. The van der Waals surface area contributed by atoms with Crippen LogP contribution in [0.25, 0.3) is 5.69 Å². The highest BCUT2D eigenvalue weighted by Crippen LogP contribution is 2.16. The average Bonchev–Trinajstić information content (AvgIpc) is 3.20. The van der Waals surface area contributed by atoms with Crippen LogP contribution in [-0.2, 0) is 20.1 Å². The molecule has 8 heteroatoms. The summed E-state index contributed by atoms with van der Waals surface area (Å²) >= 11 is 0. The van der Waals surface area contributed by atoms with E-state index in [0.717, 1.165) is 34.2 Å². The van der Waals surface area contributed by atoms with Crippen LogP contribution in [-0.4, -0.2) is 32.6 Å². The summed E-state index contributed by atoms with van der Waals surface area (Å²) in [6, 6.07) is 10.3. The molecule has 0 atom stereocenters. The van der Waals surface area contributed by atoms with Crippen LogP contribution in [0.2, 0.25) is 0 Å². The molecule has 2 aromatic heterocycles. The number of nitrogens with zero attached hydrogens (tertiary/aromatic N) is 5. The van der Waals surface area contributed by atoms with E-state index >= 15 is 0 Å². The maximum absolute atomic E-state index is 4.60. The first-order chi connectivity index (χ1) is 12.6. The Hall–Kier alpha value is -2.36. The molecule has 27 heavy (non-hydrogen) atoms. The molecule has 0 aliphatic rings. The minimum Gasteiger partial charge on any atom is -0.352 e. The van der Waals surface area contributed by atoms with Crippen LogP contribution in [0.15, 0.2) is 47.7 Å². The van der Waals surface area contributed by atoms with Crippen LogP contribution < -0.4 is 10.6 Å². The van der Waals surface area contributed by atoms with Crippen molar-refractivity contribution in [2.24, 2.45) is 12.0 Å². The van der Waals surface area contributed by atoms with Crippen LogP contribution in [0.1, 0.15) is 22.5 Å². The van der Waals surface area contributed by atoms with Gasteiger partial charge in [-0.1, -0.05) is 18.2 Å². The Morgan fingerprint density at radius 2 is 1.89 bits per heavy atom. The molecular weight excluding hydrogens is 453 g/mol. The van der Waals surface area contributed by atoms with Crippen molar-refractivity contribution in [2.45, 2.75) is 26.9 Å². The molecule has 0 aliphatic carbocycles. The van der Waals surface area contributed by atoms with Gasteiger partial charge in [-0.2, -0.15) is 10.2 Å². The van der Waals surface area contributed by atoms with Gasteiger partial charge in [0.15, 0.2) is 5.96 Å². The minimum atomic E-state index is 0. The number of hydrogen-bond donors (Lipinski definition) is 2. The molecular formula is C19H26IN7. The van der Waals surface area contributed by atoms with E-state index < -0.39 is 0 Å². The zero-order valence-corrected chi connectivity index (χ0v) is 18.4. The van der Waals surface area contributed by atoms with E-state index in [1.807, 2.05) is 43.2 Å². The van der Waals surface area contributed by atoms with Crippen LogP contribution in [0.3, 0.4) is 0 Å². The highest BCUT2D eigenvalue weighted by Gasteiger charge is 2.09. The molecule has 0 bridgehead atoms. The molecule has 2 heterocycles. The van der Waals surface area contributed by atoms with Crippen molar-refractivity contribution in [3.8, 4) is 5.69 Å². The first kappa shape index (κ1) is 20.9. The third-order valence-corrected chi connectivity index (χ3v) is 4.12. The Labute approximate surface area is 176 Å². The van der Waals surface area contributed by atoms with Gasteiger partial charge in [0.1, 0.15) is 0 Å². The van der Waals surface area contributed by atoms with Crippen molar-refractivity contribution >= 4 is 29.9 Å². The Kier molecular flexibility index (Phi) is 7.40. The molecule has 0 saturated heterocycles. The van der Waals surface area contributed by atoms with Crippen molar-refractivity contribution in [1.82, 2.24) is 30.2 Å². The summed E-state index contributed by atoms with van der Waals surface area (Å²) in [7, 11) is 3.68. The summed E-state index contributed by atoms with van der Waals surface area (Å²) in [5, 5.41) is 15.5. The molecule has 1 aromatic carbocycles. The monoisotopic (exact) mass is 479 g/mol. The number of aliphatic imine (C=N–C) groups is 1. The smallest absolute Gasteiger partial charge is 0.191 e. The third-order valence-electron chi connectivity index (χ3n) is 4.12. The molecule has 0 saturated carbocycles. The predicted octanol–water partition coefficient (Wildman–Crippen LogP) is 2.71. The number of rotatable bonds is 5. The molecule has 0 unspecified atom stereocenters. The zero-order valence-electron chi connectivity index (χ0n) is 16.1. The maximum atomic E-state index is 4.60. The second-order valence-corrected chi connectivity index (χ2v) is 6.27. The number of hydrogen-bond acceptors (Lipinski definition) is 3. The lowest BCUT2D eigenvalue weighted by Crippen LogP contribution is -2.36. The fraction of sp³-hybridized carbons (Fsp3) is 0.316. The van der Waals surface area contributed by atoms with Crippen molar-refractivity contribution in [2.75, 3.05) is 7.05 Å². The van der Waals surface area contributed by atoms with Crippen molar-refractivity contribution in [3.63, 3.8) is 0 Å². The van der Waals surface area contributed by atoms with Gasteiger partial charge in [0.05, 0.1) is 17.6 Å². The Balaban J connectivity index is 0.00000261. The van der Waals surface area contributed by atoms with Gasteiger partial charge in [-0.05, 0) is 31.5 Å². The summed E-state index contributed by atoms with van der Waals surface area (Å²) in [5.41, 5.74) is 5.48. The molecule has 0 spiro atoms. The fourth-order valence-corrected chi connectivity index (χ4v) is 2.89. The van der Waals surface area contributed by atoms with Crippen LogP contribution >= 0.6 is 24.0 Å². The van der Waals surface area contributed by atoms with Gasteiger partial charge >= 0.3 is 0 Å². The number of aryl methyl sites for hydroxylation is 3. The van der Waals surface area contributed by atoms with Crippen LogP contribution in [0.5, 0.6) is 0 Å². The van der Waals surface area contributed by atoms with E-state index in [4.69, 9.17) is 0 Å². The second-order valence-electron chi connectivity index (χ2n) is 6.27. The Bertz CT molecular complexity index is 910. The van der Waals surface area contributed by atoms with Gasteiger partial charge in [-0.15, -0.1) is 24.0 Å². The molecule has 0 amide bonds. The number of nitrogens with one attached hydrogen (secondary N) is 2. The first-order valence-electron chi connectivity index (χ1n) is 8.60. The van der Waals surface area contributed by atoms with E-state index in [-0.39, 0.29) is 24.0 Å². The van der Waals surface area contributed by atoms with Crippen LogP contribution in [0, 0.1) is 13.8 Å². The Morgan fingerprint density at radius 1 is 1.15 bits per heavy atom. The Morgan fingerprint density at radius 3 is 2.52 bits per heavy atom. The summed E-state index contributed by atoms with van der Waals surface area (Å²) in [4.78, 5) is 4.29. The van der Waals surface area contributed by atoms with E-state index in [1.54, 1.807) is 11.7 Å². The zero-order chi connectivity index (χ0) is 18.5. The van der Waals surface area contributed by atoms with E-state index in [9.17, 15) is 0 Å². The van der Waals surface area contributed by atoms with Crippen molar-refractivity contribution < 1.29 is 0 Å². The molecule has 3 rings (SSSR count). The van der Waals surface area contributed by atoms with E-state index in [0.29, 0.717) is 13.1 Å². The lowest BCUT2D eigenvalue weighted by atomic mass is 10.1. The van der Waals surface area contributed by atoms with Crippen molar-refractivity contribution in [3.05, 3.63) is 65.2 Å². The van der Waals surface area contributed by atoms with E-state index in [1.165, 1.54) is 0 Å². The molecule has 144 valence electrons. The fourth-order valence-electron chi connectivity index (χ4n) is 2.89. The number of guanidine groups is 1. The standard InChI is InChI=1S/C19H25N7.HI/c1-14-9-15(2)26(24-14)18-8-6-5-7-17(18)12-22-19(20-3)21-10-16-11-23-25(4)13-16;/h5-9,11,13H,10,12H2,1-4H3,(H2,20,21,22);1H. The third kappa shape index (κ3) is 5.31. The summed E-state index contributed by atoms with van der Waals surface area (Å²) in [6.07, 6.45) is 3.83. The number of aromatic nitrogens is 4. The SMILES string of the molecule is CN=C(NCc1cnn(C)c1)NCc1ccccc1-n1nc(C)cc1C.I. The lowest BCUT2D eigenvalue weighted by molar-refractivity contribution is 0.764. The van der Waals surface area contributed by atoms with Gasteiger partial charge in [-0.25, -0.2) is 4.68 Å². The van der Waals surface area contributed by atoms with Gasteiger partial charge in [0.2, 0.25) is 0 Å². The molecule has 3 aromatic rings. The highest BCUT2D eigenvalue weighted by molar-refractivity contribution is 14.0. The summed E-state index contributed by atoms with van der Waals surface area (Å²) in [6.45, 7) is 5.40. The predicted molar refractivity (Wildman–Crippen MR) is 119 cm³/mol. The minimum absolute atomic E-state index is 0. The first-order valence-corrected chi connectivity index (χ1v) is 8.60. The second kappa shape index (κ2) is 9.54.